The molecule has 1 saturated heterocycles. The normalized spacial score (nSPS) is 39.2. The summed E-state index contributed by atoms with van der Waals surface area (Å²) in [7, 11) is 1.27. The quantitative estimate of drug-likeness (QED) is 0.227. The number of Topliss-reactive ketones (excluding diaryl/α,β-unsaturated/α-hetero) is 1. The van der Waals surface area contributed by atoms with Crippen molar-refractivity contribution < 1.29 is 48.0 Å². The van der Waals surface area contributed by atoms with Crippen LogP contribution in [0.1, 0.15) is 78.9 Å². The van der Waals surface area contributed by atoms with E-state index >= 15 is 0 Å². The lowest BCUT2D eigenvalue weighted by molar-refractivity contribution is -0.235. The third-order valence-electron chi connectivity index (χ3n) is 10.9. The monoisotopic (exact) mass is 584 g/mol. The van der Waals surface area contributed by atoms with Crippen LogP contribution >= 0.6 is 0 Å². The Labute approximate surface area is 245 Å². The highest BCUT2D eigenvalue weighted by molar-refractivity contribution is 5.98. The minimum absolute atomic E-state index is 0.156. The van der Waals surface area contributed by atoms with Crippen LogP contribution in [0.15, 0.2) is 45.8 Å². The first-order valence-electron chi connectivity index (χ1n) is 14.4. The lowest BCUT2D eigenvalue weighted by atomic mass is 9.39. The van der Waals surface area contributed by atoms with Gasteiger partial charge in [0.15, 0.2) is 17.5 Å². The highest BCUT2D eigenvalue weighted by Crippen LogP contribution is 2.69. The van der Waals surface area contributed by atoms with Crippen molar-refractivity contribution >= 4 is 23.7 Å². The summed E-state index contributed by atoms with van der Waals surface area (Å²) in [5, 5.41) is 23.8. The van der Waals surface area contributed by atoms with Gasteiger partial charge in [0, 0.05) is 40.2 Å². The third kappa shape index (κ3) is 3.97. The van der Waals surface area contributed by atoms with E-state index in [1.807, 2.05) is 6.92 Å². The number of carbonyl (C=O) groups excluding carboxylic acids is 4. The topological polar surface area (TPSA) is 150 Å². The van der Waals surface area contributed by atoms with Gasteiger partial charge in [-0.3, -0.25) is 9.59 Å². The zero-order valence-electron chi connectivity index (χ0n) is 25.2. The van der Waals surface area contributed by atoms with Gasteiger partial charge in [-0.15, -0.1) is 0 Å². The van der Waals surface area contributed by atoms with E-state index in [-0.39, 0.29) is 12.8 Å². The Bertz CT molecular complexity index is 1390. The van der Waals surface area contributed by atoms with Gasteiger partial charge in [-0.25, -0.2) is 9.59 Å². The summed E-state index contributed by atoms with van der Waals surface area (Å²) < 4.78 is 22.0. The number of fused-ring (bicyclic) bond motifs is 5. The van der Waals surface area contributed by atoms with Gasteiger partial charge < -0.3 is 28.8 Å². The molecule has 2 N–H and O–H groups in total. The highest BCUT2D eigenvalue weighted by atomic mass is 16.6. The van der Waals surface area contributed by atoms with Crippen molar-refractivity contribution in [3.05, 3.63) is 47.0 Å². The Morgan fingerprint density at radius 2 is 1.88 bits per heavy atom. The molecule has 8 atom stereocenters. The average molecular weight is 585 g/mol. The summed E-state index contributed by atoms with van der Waals surface area (Å²) in [6.07, 6.45) is 1.39. The fourth-order valence-electron chi connectivity index (χ4n) is 8.71. The molecule has 1 aromatic heterocycles. The van der Waals surface area contributed by atoms with Crippen LogP contribution in [0.2, 0.25) is 0 Å². The van der Waals surface area contributed by atoms with Gasteiger partial charge in [0.25, 0.3) is 0 Å². The largest absolute Gasteiger partial charge is 0.472 e. The van der Waals surface area contributed by atoms with E-state index in [9.17, 15) is 29.4 Å². The number of carbonyl (C=O) groups is 4. The summed E-state index contributed by atoms with van der Waals surface area (Å²) in [6, 6.07) is 1.71. The van der Waals surface area contributed by atoms with Gasteiger partial charge in [0.1, 0.15) is 12.2 Å². The van der Waals surface area contributed by atoms with Gasteiger partial charge in [0.05, 0.1) is 19.6 Å². The van der Waals surface area contributed by atoms with E-state index in [1.165, 1.54) is 19.6 Å². The van der Waals surface area contributed by atoms with Gasteiger partial charge in [-0.1, -0.05) is 39.3 Å². The summed E-state index contributed by atoms with van der Waals surface area (Å²) in [5.74, 6) is -3.79. The number of ketones is 1. The molecule has 1 aromatic rings. The standard InChI is InChI=1S/C32H40O10/c1-8-16(2)25(35)42-28-29(3,4)20(13-21(33)39-7)31(6)19-9-11-30(5)22(18(19)14-32(28,38)27(31)37)23(34)26(36)41-24(30)17-10-12-40-15-17/h8,10,12,15,19-20,23-24,28,34,38H,9,11,13-14H2,1-7H3/b16-8+/t19-,20-,23+,24-,28-,30+,31+,32-/m0/s1. The predicted molar refractivity (Wildman–Crippen MR) is 147 cm³/mol. The van der Waals surface area contributed by atoms with Gasteiger partial charge in [0.2, 0.25) is 0 Å². The third-order valence-corrected chi connectivity index (χ3v) is 10.9. The molecular weight excluding hydrogens is 544 g/mol. The molecule has 1 aliphatic heterocycles. The van der Waals surface area contributed by atoms with Crippen LogP contribution in [0, 0.1) is 28.1 Å². The molecule has 4 aliphatic rings. The summed E-state index contributed by atoms with van der Waals surface area (Å²) in [5.41, 5.74) is -3.50. The zero-order valence-corrected chi connectivity index (χ0v) is 25.2. The SMILES string of the molecule is C/C=C(\C)C(=O)O[C@H]1C(C)(C)[C@H](CC(=O)OC)[C@]2(C)C(=O)[C@@]1(O)CC1=C3[C@@H](O)C(=O)O[C@@H](c4ccoc4)[C@]3(C)CC[C@@H]12. The van der Waals surface area contributed by atoms with E-state index in [2.05, 4.69) is 0 Å². The molecular formula is C32H40O10. The minimum atomic E-state index is -2.18. The fraction of sp³-hybridized carbons (Fsp3) is 0.625. The molecule has 5 rings (SSSR count). The number of furan rings is 1. The number of aliphatic hydroxyl groups is 2. The number of methoxy groups -OCH3 is 1. The molecule has 228 valence electrons. The van der Waals surface area contributed by atoms with Crippen LogP contribution in [-0.4, -0.2) is 58.8 Å². The summed E-state index contributed by atoms with van der Waals surface area (Å²) in [6.45, 7) is 10.5. The number of esters is 3. The van der Waals surface area contributed by atoms with Crippen LogP contribution in [0.4, 0.5) is 0 Å². The molecule has 0 amide bonds. The van der Waals surface area contributed by atoms with Crippen molar-refractivity contribution in [3.63, 3.8) is 0 Å². The molecule has 0 radical (unpaired) electrons. The van der Waals surface area contributed by atoms with Crippen LogP contribution in [0.5, 0.6) is 0 Å². The van der Waals surface area contributed by atoms with Crippen molar-refractivity contribution in [1.29, 1.82) is 0 Å². The van der Waals surface area contributed by atoms with E-state index in [0.29, 0.717) is 35.1 Å². The Balaban J connectivity index is 1.76. The number of cyclic esters (lactones) is 1. The molecule has 0 aromatic carbocycles. The van der Waals surface area contributed by atoms with Gasteiger partial charge in [-0.05, 0) is 50.2 Å². The van der Waals surface area contributed by atoms with Crippen LogP contribution in [0.3, 0.4) is 0 Å². The van der Waals surface area contributed by atoms with Crippen LogP contribution in [-0.2, 0) is 33.4 Å². The Morgan fingerprint density at radius 3 is 2.48 bits per heavy atom. The van der Waals surface area contributed by atoms with Crippen molar-refractivity contribution in [1.82, 2.24) is 0 Å². The average Bonchev–Trinajstić information content (AvgIpc) is 3.48. The Kier molecular flexibility index (Phi) is 7.13. The predicted octanol–water partition coefficient (Wildman–Crippen LogP) is 3.76. The number of hydrogen-bond acceptors (Lipinski definition) is 10. The molecule has 2 heterocycles. The first kappa shape index (κ1) is 30.2. The second kappa shape index (κ2) is 9.91. The first-order valence-corrected chi connectivity index (χ1v) is 14.4. The number of hydrogen-bond donors (Lipinski definition) is 2. The molecule has 10 heteroatoms. The molecule has 0 unspecified atom stereocenters. The first-order chi connectivity index (χ1) is 19.6. The molecule has 2 bridgehead atoms. The zero-order chi connectivity index (χ0) is 31.0. The second-order valence-electron chi connectivity index (χ2n) is 13.3. The fourth-order valence-corrected chi connectivity index (χ4v) is 8.71. The Morgan fingerprint density at radius 1 is 1.19 bits per heavy atom. The van der Waals surface area contributed by atoms with E-state index in [0.717, 1.165) is 0 Å². The van der Waals surface area contributed by atoms with Crippen LogP contribution < -0.4 is 0 Å². The number of rotatable bonds is 5. The summed E-state index contributed by atoms with van der Waals surface area (Å²) >= 11 is 0. The molecule has 3 aliphatic carbocycles. The van der Waals surface area contributed by atoms with Crippen LogP contribution in [0.25, 0.3) is 0 Å². The van der Waals surface area contributed by atoms with Gasteiger partial charge >= 0.3 is 17.9 Å². The molecule has 10 nitrogen and oxygen atoms in total. The maximum absolute atomic E-state index is 14.5. The second-order valence-corrected chi connectivity index (χ2v) is 13.3. The van der Waals surface area contributed by atoms with Crippen molar-refractivity contribution in [3.8, 4) is 0 Å². The maximum Gasteiger partial charge on any atom is 0.339 e. The highest BCUT2D eigenvalue weighted by Gasteiger charge is 2.74. The number of allylic oxidation sites excluding steroid dienone is 1. The lowest BCUT2D eigenvalue weighted by Gasteiger charge is -2.66. The maximum atomic E-state index is 14.5. The molecule has 42 heavy (non-hydrogen) atoms. The lowest BCUT2D eigenvalue weighted by Crippen LogP contribution is -2.75. The van der Waals surface area contributed by atoms with Gasteiger partial charge in [-0.2, -0.15) is 0 Å². The minimum Gasteiger partial charge on any atom is -0.472 e. The van der Waals surface area contributed by atoms with E-state index in [1.54, 1.807) is 46.8 Å². The van der Waals surface area contributed by atoms with Crippen molar-refractivity contribution in [2.75, 3.05) is 7.11 Å². The molecule has 3 fully saturated rings. The number of ether oxygens (including phenoxy) is 3. The number of aliphatic hydroxyl groups excluding tert-OH is 1. The van der Waals surface area contributed by atoms with Crippen molar-refractivity contribution in [2.45, 2.75) is 91.1 Å². The smallest absolute Gasteiger partial charge is 0.339 e. The van der Waals surface area contributed by atoms with Crippen molar-refractivity contribution in [2.24, 2.45) is 28.1 Å². The summed E-state index contributed by atoms with van der Waals surface area (Å²) in [4.78, 5) is 53.6. The molecule has 2 saturated carbocycles. The van der Waals surface area contributed by atoms with E-state index in [4.69, 9.17) is 18.6 Å². The van der Waals surface area contributed by atoms with E-state index < -0.39 is 75.7 Å². The molecule has 0 spiro atoms. The Hall–Kier alpha value is -3.24.